The molecule has 1 aromatic carbocycles. The van der Waals surface area contributed by atoms with E-state index in [4.69, 9.17) is 14.6 Å². The van der Waals surface area contributed by atoms with Gasteiger partial charge in [0.1, 0.15) is 18.9 Å². The number of aliphatic carboxylic acids is 1. The molecule has 28 heavy (non-hydrogen) atoms. The topological polar surface area (TPSA) is 99.6 Å². The molecule has 2 heterocycles. The summed E-state index contributed by atoms with van der Waals surface area (Å²) >= 11 is 0. The molecule has 0 aliphatic carbocycles. The van der Waals surface area contributed by atoms with Gasteiger partial charge in [0.25, 0.3) is 5.91 Å². The van der Waals surface area contributed by atoms with Crippen molar-refractivity contribution in [2.75, 3.05) is 58.5 Å². The Labute approximate surface area is 163 Å². The minimum absolute atomic E-state index is 0.0566. The Morgan fingerprint density at radius 1 is 1.25 bits per heavy atom. The smallest absolute Gasteiger partial charge is 0.323 e. The molecule has 2 aliphatic rings. The van der Waals surface area contributed by atoms with Gasteiger partial charge in [0.15, 0.2) is 0 Å². The maximum Gasteiger partial charge on any atom is 0.323 e. The zero-order chi connectivity index (χ0) is 20.3. The number of benzene rings is 1. The highest BCUT2D eigenvalue weighted by molar-refractivity contribution is 5.96. The van der Waals surface area contributed by atoms with Crippen LogP contribution in [0.25, 0.3) is 0 Å². The third-order valence-electron chi connectivity index (χ3n) is 5.07. The molecule has 1 unspecified atom stereocenters. The number of carboxylic acid groups (broad SMARTS) is 1. The Balaban J connectivity index is 1.72. The van der Waals surface area contributed by atoms with Gasteiger partial charge in [-0.25, -0.2) is 0 Å². The van der Waals surface area contributed by atoms with Gasteiger partial charge in [-0.3, -0.25) is 14.4 Å². The van der Waals surface area contributed by atoms with E-state index in [1.807, 2.05) is 11.9 Å². The number of rotatable bonds is 5. The highest BCUT2D eigenvalue weighted by Gasteiger charge is 2.29. The summed E-state index contributed by atoms with van der Waals surface area (Å²) in [7, 11) is 3.31. The van der Waals surface area contributed by atoms with Gasteiger partial charge in [-0.05, 0) is 18.2 Å². The summed E-state index contributed by atoms with van der Waals surface area (Å²) in [4.78, 5) is 40.7. The van der Waals surface area contributed by atoms with Crippen LogP contribution in [0.5, 0.6) is 5.75 Å². The maximum atomic E-state index is 12.7. The van der Waals surface area contributed by atoms with Crippen molar-refractivity contribution in [2.24, 2.45) is 0 Å². The van der Waals surface area contributed by atoms with Crippen LogP contribution < -0.4 is 9.64 Å². The average Bonchev–Trinajstić information content (AvgIpc) is 2.69. The number of fused-ring (bicyclic) bond motifs is 1. The van der Waals surface area contributed by atoms with Gasteiger partial charge < -0.3 is 29.3 Å². The number of likely N-dealkylation sites (N-methyl/N-ethyl adjacent to an activating group) is 2. The normalized spacial score (nSPS) is 18.9. The van der Waals surface area contributed by atoms with Gasteiger partial charge in [-0.15, -0.1) is 0 Å². The Morgan fingerprint density at radius 3 is 2.64 bits per heavy atom. The van der Waals surface area contributed by atoms with Crippen molar-refractivity contribution in [3.8, 4) is 5.75 Å². The number of ether oxygens (including phenoxy) is 2. The molecule has 0 saturated carbocycles. The summed E-state index contributed by atoms with van der Waals surface area (Å²) in [6, 6.07) is 5.06. The summed E-state index contributed by atoms with van der Waals surface area (Å²) in [5.74, 6) is -0.727. The van der Waals surface area contributed by atoms with E-state index in [2.05, 4.69) is 0 Å². The molecule has 152 valence electrons. The lowest BCUT2D eigenvalue weighted by molar-refractivity contribution is -0.143. The average molecular weight is 391 g/mol. The van der Waals surface area contributed by atoms with Crippen LogP contribution in [0.15, 0.2) is 18.2 Å². The van der Waals surface area contributed by atoms with E-state index in [1.165, 1.54) is 11.9 Å². The molecule has 2 amide bonds. The zero-order valence-electron chi connectivity index (χ0n) is 16.1. The second kappa shape index (κ2) is 8.47. The standard InChI is InChI=1S/C19H25N3O6/c1-20(11-18(24)25)17(23)10-14-12-28-16-4-3-13(9-15(16)21(14)2)19(26)22-5-7-27-8-6-22/h3-4,9,14H,5-8,10-12H2,1-2H3,(H,24,25). The van der Waals surface area contributed by atoms with Gasteiger partial charge >= 0.3 is 5.97 Å². The molecule has 1 saturated heterocycles. The quantitative estimate of drug-likeness (QED) is 0.770. The molecule has 3 rings (SSSR count). The molecule has 0 radical (unpaired) electrons. The van der Waals surface area contributed by atoms with Crippen molar-refractivity contribution in [2.45, 2.75) is 12.5 Å². The van der Waals surface area contributed by atoms with Crippen molar-refractivity contribution in [3.63, 3.8) is 0 Å². The first-order valence-corrected chi connectivity index (χ1v) is 9.19. The molecule has 2 aliphatic heterocycles. The Hall–Kier alpha value is -2.81. The van der Waals surface area contributed by atoms with Crippen molar-refractivity contribution in [1.82, 2.24) is 9.80 Å². The molecule has 1 N–H and O–H groups in total. The van der Waals surface area contributed by atoms with Crippen LogP contribution in [0.4, 0.5) is 5.69 Å². The van der Waals surface area contributed by atoms with Gasteiger partial charge in [0.05, 0.1) is 31.4 Å². The molecule has 1 atom stereocenters. The summed E-state index contributed by atoms with van der Waals surface area (Å²) in [6.45, 7) is 2.17. The zero-order valence-corrected chi connectivity index (χ0v) is 16.1. The Morgan fingerprint density at radius 2 is 1.96 bits per heavy atom. The third-order valence-corrected chi connectivity index (χ3v) is 5.07. The molecule has 0 aromatic heterocycles. The van der Waals surface area contributed by atoms with Gasteiger partial charge in [0, 0.05) is 32.7 Å². The largest absolute Gasteiger partial charge is 0.489 e. The number of carboxylic acids is 1. The lowest BCUT2D eigenvalue weighted by atomic mass is 10.1. The summed E-state index contributed by atoms with van der Waals surface area (Å²) < 4.78 is 11.1. The van der Waals surface area contributed by atoms with Gasteiger partial charge in [0.2, 0.25) is 5.91 Å². The highest BCUT2D eigenvalue weighted by atomic mass is 16.5. The number of carbonyl (C=O) groups excluding carboxylic acids is 2. The molecule has 9 heteroatoms. The Bertz CT molecular complexity index is 762. The molecule has 0 bridgehead atoms. The van der Waals surface area contributed by atoms with Gasteiger partial charge in [-0.2, -0.15) is 0 Å². The van der Waals surface area contributed by atoms with Crippen LogP contribution in [0.1, 0.15) is 16.8 Å². The molecular weight excluding hydrogens is 366 g/mol. The summed E-state index contributed by atoms with van der Waals surface area (Å²) in [5, 5.41) is 8.84. The van der Waals surface area contributed by atoms with Crippen molar-refractivity contribution >= 4 is 23.5 Å². The lowest BCUT2D eigenvalue weighted by Crippen LogP contribution is -2.45. The third kappa shape index (κ3) is 4.36. The van der Waals surface area contributed by atoms with Gasteiger partial charge in [-0.1, -0.05) is 0 Å². The van der Waals surface area contributed by atoms with Crippen LogP contribution in [0.2, 0.25) is 0 Å². The van der Waals surface area contributed by atoms with Crippen LogP contribution in [-0.4, -0.2) is 92.3 Å². The SMILES string of the molecule is CN(CC(=O)O)C(=O)CC1COc2ccc(C(=O)N3CCOCC3)cc2N1C. The van der Waals surface area contributed by atoms with Crippen molar-refractivity contribution < 1.29 is 29.0 Å². The fourth-order valence-corrected chi connectivity index (χ4v) is 3.34. The van der Waals surface area contributed by atoms with E-state index < -0.39 is 5.97 Å². The maximum absolute atomic E-state index is 12.7. The minimum atomic E-state index is -1.05. The number of hydrogen-bond donors (Lipinski definition) is 1. The van der Waals surface area contributed by atoms with Crippen LogP contribution in [-0.2, 0) is 14.3 Å². The number of amides is 2. The highest BCUT2D eigenvalue weighted by Crippen LogP contribution is 2.35. The predicted octanol–water partition coefficient (Wildman–Crippen LogP) is 0.289. The predicted molar refractivity (Wildman–Crippen MR) is 101 cm³/mol. The van der Waals surface area contributed by atoms with Crippen LogP contribution in [0.3, 0.4) is 0 Å². The van der Waals surface area contributed by atoms with E-state index in [-0.39, 0.29) is 30.8 Å². The summed E-state index contributed by atoms with van der Waals surface area (Å²) in [5.41, 5.74) is 1.30. The molecular formula is C19H25N3O6. The second-order valence-electron chi connectivity index (χ2n) is 7.01. The molecule has 9 nitrogen and oxygen atoms in total. The van der Waals surface area contributed by atoms with E-state index in [1.54, 1.807) is 23.1 Å². The van der Waals surface area contributed by atoms with E-state index in [9.17, 15) is 14.4 Å². The number of morpholine rings is 1. The summed E-state index contributed by atoms with van der Waals surface area (Å²) in [6.07, 6.45) is 0.126. The first-order chi connectivity index (χ1) is 13.4. The van der Waals surface area contributed by atoms with E-state index in [0.717, 1.165) is 5.69 Å². The number of anilines is 1. The van der Waals surface area contributed by atoms with Crippen molar-refractivity contribution in [1.29, 1.82) is 0 Å². The Kier molecular flexibility index (Phi) is 6.03. The monoisotopic (exact) mass is 391 g/mol. The van der Waals surface area contributed by atoms with E-state index >= 15 is 0 Å². The van der Waals surface area contributed by atoms with Crippen LogP contribution in [0, 0.1) is 0 Å². The second-order valence-corrected chi connectivity index (χ2v) is 7.01. The number of hydrogen-bond acceptors (Lipinski definition) is 6. The molecule has 0 spiro atoms. The number of nitrogens with zero attached hydrogens (tertiary/aromatic N) is 3. The van der Waals surface area contributed by atoms with E-state index in [0.29, 0.717) is 44.2 Å². The molecule has 1 aromatic rings. The first kappa shape index (κ1) is 19.9. The first-order valence-electron chi connectivity index (χ1n) is 9.19. The minimum Gasteiger partial charge on any atom is -0.489 e. The van der Waals surface area contributed by atoms with Crippen LogP contribution >= 0.6 is 0 Å². The molecule has 1 fully saturated rings. The lowest BCUT2D eigenvalue weighted by Gasteiger charge is -2.36. The van der Waals surface area contributed by atoms with Crippen molar-refractivity contribution in [3.05, 3.63) is 23.8 Å². The fourth-order valence-electron chi connectivity index (χ4n) is 3.34. The fraction of sp³-hybridized carbons (Fsp3) is 0.526. The number of carbonyl (C=O) groups is 3.